The number of likely N-dealkylation sites (tertiary alicyclic amines) is 1. The molecule has 0 radical (unpaired) electrons. The molecule has 1 fully saturated rings. The third kappa shape index (κ3) is 7.07. The van der Waals surface area contributed by atoms with E-state index in [1.807, 2.05) is 0 Å². The van der Waals surface area contributed by atoms with Gasteiger partial charge < -0.3 is 15.0 Å². The molecule has 4 N–H and O–H groups in total. The summed E-state index contributed by atoms with van der Waals surface area (Å²) in [5, 5.41) is 3.25. The molecule has 0 aromatic rings. The van der Waals surface area contributed by atoms with Crippen LogP contribution in [0.1, 0.15) is 39.0 Å². The molecule has 1 heterocycles. The molecule has 1 aliphatic rings. The molecule has 1 rings (SSSR count). The monoisotopic (exact) mass is 285 g/mol. The van der Waals surface area contributed by atoms with Crippen molar-refractivity contribution in [3.05, 3.63) is 0 Å². The molecule has 0 bridgehead atoms. The number of nitrogens with zero attached hydrogens (tertiary/aromatic N) is 2. The minimum Gasteiger partial charge on any atom is -0.385 e. The van der Waals surface area contributed by atoms with Gasteiger partial charge in [0.25, 0.3) is 0 Å². The maximum atomic E-state index is 5.45. The molecule has 1 saturated heterocycles. The van der Waals surface area contributed by atoms with E-state index in [2.05, 4.69) is 27.6 Å². The molecular weight excluding hydrogens is 254 g/mol. The van der Waals surface area contributed by atoms with Gasteiger partial charge in [0.1, 0.15) is 0 Å². The van der Waals surface area contributed by atoms with Gasteiger partial charge in [0.05, 0.1) is 0 Å². The number of nitrogens with two attached hydrogens (primary N) is 1. The number of methoxy groups -OCH3 is 1. The number of hydrazine groups is 1. The predicted octanol–water partition coefficient (Wildman–Crippen LogP) is 0.696. The zero-order chi connectivity index (χ0) is 14.6. The topological polar surface area (TPSA) is 74.9 Å². The van der Waals surface area contributed by atoms with E-state index in [9.17, 15) is 0 Å². The van der Waals surface area contributed by atoms with Crippen molar-refractivity contribution in [2.75, 3.05) is 39.9 Å². The Bertz CT molecular complexity index is 272. The fourth-order valence-corrected chi connectivity index (χ4v) is 2.53. The predicted molar refractivity (Wildman–Crippen MR) is 83.6 cm³/mol. The number of guanidine groups is 1. The third-order valence-corrected chi connectivity index (χ3v) is 3.77. The quantitative estimate of drug-likeness (QED) is 0.201. The number of hydrogen-bond donors (Lipinski definition) is 3. The molecule has 0 aromatic heterocycles. The van der Waals surface area contributed by atoms with Gasteiger partial charge in [0.2, 0.25) is 5.96 Å². The Hall–Kier alpha value is -0.850. The molecule has 1 unspecified atom stereocenters. The highest BCUT2D eigenvalue weighted by atomic mass is 16.5. The van der Waals surface area contributed by atoms with Crippen LogP contribution in [-0.4, -0.2) is 56.8 Å². The van der Waals surface area contributed by atoms with Crippen LogP contribution in [0.4, 0.5) is 0 Å². The van der Waals surface area contributed by atoms with Crippen molar-refractivity contribution >= 4 is 5.96 Å². The van der Waals surface area contributed by atoms with Gasteiger partial charge in [-0.15, -0.1) is 0 Å². The van der Waals surface area contributed by atoms with Crippen molar-refractivity contribution in [1.29, 1.82) is 0 Å². The van der Waals surface area contributed by atoms with E-state index in [0.29, 0.717) is 5.96 Å². The Balaban J connectivity index is 2.11. The Morgan fingerprint density at radius 3 is 2.95 bits per heavy atom. The van der Waals surface area contributed by atoms with Crippen molar-refractivity contribution in [2.24, 2.45) is 10.8 Å². The lowest BCUT2D eigenvalue weighted by molar-refractivity contribution is 0.159. The summed E-state index contributed by atoms with van der Waals surface area (Å²) in [6.45, 7) is 7.08. The van der Waals surface area contributed by atoms with Crippen LogP contribution in [0.5, 0.6) is 0 Å². The molecule has 0 saturated carbocycles. The summed E-state index contributed by atoms with van der Waals surface area (Å²) >= 11 is 0. The smallest absolute Gasteiger partial charge is 0.205 e. The summed E-state index contributed by atoms with van der Waals surface area (Å²) in [7, 11) is 1.70. The fraction of sp³-hybridized carbons (Fsp3) is 0.929. The van der Waals surface area contributed by atoms with Gasteiger partial charge in [-0.1, -0.05) is 6.42 Å². The molecule has 6 nitrogen and oxygen atoms in total. The van der Waals surface area contributed by atoms with Gasteiger partial charge in [-0.3, -0.25) is 10.4 Å². The number of ether oxygens (including phenoxy) is 1. The van der Waals surface area contributed by atoms with Crippen LogP contribution in [0.2, 0.25) is 0 Å². The lowest BCUT2D eigenvalue weighted by atomic mass is 10.0. The van der Waals surface area contributed by atoms with Crippen molar-refractivity contribution in [3.8, 4) is 0 Å². The molecule has 118 valence electrons. The second-order valence-electron chi connectivity index (χ2n) is 5.38. The van der Waals surface area contributed by atoms with E-state index in [0.717, 1.165) is 45.1 Å². The number of nitrogens with one attached hydrogen (secondary N) is 2. The number of hydrogen-bond acceptors (Lipinski definition) is 4. The van der Waals surface area contributed by atoms with Gasteiger partial charge in [-0.25, -0.2) is 5.84 Å². The van der Waals surface area contributed by atoms with Crippen LogP contribution in [0, 0.1) is 0 Å². The fourth-order valence-electron chi connectivity index (χ4n) is 2.53. The first kappa shape index (κ1) is 17.2. The van der Waals surface area contributed by atoms with Gasteiger partial charge in [-0.2, -0.15) is 0 Å². The van der Waals surface area contributed by atoms with Gasteiger partial charge >= 0.3 is 0 Å². The SMILES string of the molecule is COCCCN=C(NN)NCCCN1CCCCC1C. The summed E-state index contributed by atoms with van der Waals surface area (Å²) < 4.78 is 4.99. The van der Waals surface area contributed by atoms with Crippen LogP contribution < -0.4 is 16.6 Å². The normalized spacial score (nSPS) is 20.9. The summed E-state index contributed by atoms with van der Waals surface area (Å²) in [4.78, 5) is 6.93. The summed E-state index contributed by atoms with van der Waals surface area (Å²) in [5.74, 6) is 6.12. The first-order valence-corrected chi connectivity index (χ1v) is 7.76. The molecule has 0 spiro atoms. The molecule has 0 aromatic carbocycles. The number of rotatable bonds is 8. The van der Waals surface area contributed by atoms with Crippen molar-refractivity contribution in [3.63, 3.8) is 0 Å². The van der Waals surface area contributed by atoms with Crippen LogP contribution in [0.3, 0.4) is 0 Å². The first-order chi connectivity index (χ1) is 9.77. The second kappa shape index (κ2) is 10.9. The maximum absolute atomic E-state index is 5.45. The zero-order valence-corrected chi connectivity index (χ0v) is 13.0. The summed E-state index contributed by atoms with van der Waals surface area (Å²) in [6, 6.07) is 0.735. The highest BCUT2D eigenvalue weighted by molar-refractivity contribution is 5.79. The molecule has 20 heavy (non-hydrogen) atoms. The number of aliphatic imine (C=N–C) groups is 1. The van der Waals surface area contributed by atoms with E-state index in [4.69, 9.17) is 10.6 Å². The molecule has 6 heteroatoms. The molecule has 1 aliphatic heterocycles. The number of piperidine rings is 1. The average Bonchev–Trinajstić information content (AvgIpc) is 2.47. The van der Waals surface area contributed by atoms with Crippen LogP contribution in [-0.2, 0) is 4.74 Å². The molecular formula is C14H31N5O. The Labute approximate surface area is 123 Å². The summed E-state index contributed by atoms with van der Waals surface area (Å²) in [6.07, 6.45) is 6.08. The molecule has 0 aliphatic carbocycles. The summed E-state index contributed by atoms with van der Waals surface area (Å²) in [5.41, 5.74) is 2.61. The van der Waals surface area contributed by atoms with Crippen LogP contribution >= 0.6 is 0 Å². The molecule has 0 amide bonds. The first-order valence-electron chi connectivity index (χ1n) is 7.76. The lowest BCUT2D eigenvalue weighted by Crippen LogP contribution is -2.43. The van der Waals surface area contributed by atoms with Crippen LogP contribution in [0.15, 0.2) is 4.99 Å². The van der Waals surface area contributed by atoms with E-state index >= 15 is 0 Å². The largest absolute Gasteiger partial charge is 0.385 e. The standard InChI is InChI=1S/C14H31N5O/c1-13-7-3-4-10-19(13)11-5-8-16-14(18-15)17-9-6-12-20-2/h13H,3-12,15H2,1-2H3,(H2,16,17,18). The minimum atomic E-state index is 0.674. The van der Waals surface area contributed by atoms with E-state index in [-0.39, 0.29) is 0 Å². The highest BCUT2D eigenvalue weighted by Crippen LogP contribution is 2.15. The Kier molecular flexibility index (Phi) is 9.36. The third-order valence-electron chi connectivity index (χ3n) is 3.77. The average molecular weight is 285 g/mol. The Morgan fingerprint density at radius 1 is 1.40 bits per heavy atom. The van der Waals surface area contributed by atoms with Gasteiger partial charge in [0.15, 0.2) is 0 Å². The molecule has 1 atom stereocenters. The van der Waals surface area contributed by atoms with Crippen molar-refractivity contribution in [1.82, 2.24) is 15.6 Å². The minimum absolute atomic E-state index is 0.674. The Morgan fingerprint density at radius 2 is 2.25 bits per heavy atom. The van der Waals surface area contributed by atoms with Crippen molar-refractivity contribution < 1.29 is 4.74 Å². The zero-order valence-electron chi connectivity index (χ0n) is 13.0. The van der Waals surface area contributed by atoms with Crippen LogP contribution in [0.25, 0.3) is 0 Å². The van der Waals surface area contributed by atoms with Crippen molar-refractivity contribution in [2.45, 2.75) is 45.1 Å². The van der Waals surface area contributed by atoms with E-state index in [1.54, 1.807) is 7.11 Å². The maximum Gasteiger partial charge on any atom is 0.205 e. The second-order valence-corrected chi connectivity index (χ2v) is 5.38. The van der Waals surface area contributed by atoms with E-state index < -0.39 is 0 Å². The lowest BCUT2D eigenvalue weighted by Gasteiger charge is -2.33. The van der Waals surface area contributed by atoms with Gasteiger partial charge in [0, 0.05) is 39.4 Å². The van der Waals surface area contributed by atoms with Gasteiger partial charge in [-0.05, 0) is 39.2 Å². The highest BCUT2D eigenvalue weighted by Gasteiger charge is 2.16. The van der Waals surface area contributed by atoms with E-state index in [1.165, 1.54) is 25.8 Å².